The van der Waals surface area contributed by atoms with Gasteiger partial charge in [-0.1, -0.05) is 71.2 Å². The van der Waals surface area contributed by atoms with Crippen LogP contribution in [0.15, 0.2) is 65.7 Å². The van der Waals surface area contributed by atoms with Gasteiger partial charge in [-0.15, -0.1) is 0 Å². The number of fused-ring (bicyclic) bond motifs is 1. The molecule has 0 spiro atoms. The van der Waals surface area contributed by atoms with Crippen molar-refractivity contribution in [2.24, 2.45) is 0 Å². The fraction of sp³-hybridized carbons (Fsp3) is 0. The standard InChI is InChI=1S/C20H10Cl3NO2/c21-12-7-5-11(6-8-12)17-18(23)20(26)24(19(17)25)16-10-9-15(22)13-3-1-2-4-14(13)16/h1-10H. The second-order valence-corrected chi connectivity index (χ2v) is 6.98. The van der Waals surface area contributed by atoms with Crippen LogP contribution in [0.2, 0.25) is 10.0 Å². The van der Waals surface area contributed by atoms with Gasteiger partial charge in [0, 0.05) is 20.8 Å². The van der Waals surface area contributed by atoms with Crippen LogP contribution in [-0.4, -0.2) is 11.8 Å². The second-order valence-electron chi connectivity index (χ2n) is 5.75. The molecule has 3 nitrogen and oxygen atoms in total. The first kappa shape index (κ1) is 17.1. The Hall–Kier alpha value is -2.33. The van der Waals surface area contributed by atoms with E-state index in [2.05, 4.69) is 0 Å². The minimum absolute atomic E-state index is 0.114. The van der Waals surface area contributed by atoms with Gasteiger partial charge in [0.05, 0.1) is 11.3 Å². The van der Waals surface area contributed by atoms with E-state index in [1.165, 1.54) is 0 Å². The normalized spacial score (nSPS) is 14.7. The number of halogens is 3. The van der Waals surface area contributed by atoms with Gasteiger partial charge in [0.15, 0.2) is 0 Å². The van der Waals surface area contributed by atoms with E-state index < -0.39 is 11.8 Å². The molecule has 1 aliphatic rings. The zero-order chi connectivity index (χ0) is 18.4. The van der Waals surface area contributed by atoms with Crippen LogP contribution in [0.1, 0.15) is 5.56 Å². The van der Waals surface area contributed by atoms with E-state index in [1.807, 2.05) is 24.3 Å². The number of carbonyl (C=O) groups is 2. The molecule has 0 unspecified atom stereocenters. The summed E-state index contributed by atoms with van der Waals surface area (Å²) in [5.74, 6) is -1.04. The quantitative estimate of drug-likeness (QED) is 0.518. The molecule has 0 saturated carbocycles. The number of hydrogen-bond donors (Lipinski definition) is 0. The van der Waals surface area contributed by atoms with Crippen LogP contribution >= 0.6 is 34.8 Å². The van der Waals surface area contributed by atoms with Gasteiger partial charge < -0.3 is 0 Å². The first-order chi connectivity index (χ1) is 12.5. The first-order valence-corrected chi connectivity index (χ1v) is 8.84. The molecule has 1 aliphatic heterocycles. The third-order valence-electron chi connectivity index (χ3n) is 4.25. The summed E-state index contributed by atoms with van der Waals surface area (Å²) in [6, 6.07) is 17.2. The Morgan fingerprint density at radius 1 is 0.692 bits per heavy atom. The van der Waals surface area contributed by atoms with Gasteiger partial charge in [-0.25, -0.2) is 4.90 Å². The van der Waals surface area contributed by atoms with E-state index in [1.54, 1.807) is 36.4 Å². The molecule has 0 bridgehead atoms. The minimum atomic E-state index is -0.561. The Balaban J connectivity index is 1.86. The van der Waals surface area contributed by atoms with Crippen molar-refractivity contribution in [2.45, 2.75) is 0 Å². The molecule has 0 atom stereocenters. The predicted octanol–water partition coefficient (Wildman–Crippen LogP) is 5.67. The molecular formula is C20H10Cl3NO2. The lowest BCUT2D eigenvalue weighted by atomic mass is 10.1. The van der Waals surface area contributed by atoms with Gasteiger partial charge in [-0.3, -0.25) is 9.59 Å². The van der Waals surface area contributed by atoms with Crippen LogP contribution < -0.4 is 4.90 Å². The molecule has 0 aromatic heterocycles. The van der Waals surface area contributed by atoms with Crippen LogP contribution in [0, 0.1) is 0 Å². The summed E-state index contributed by atoms with van der Waals surface area (Å²) >= 11 is 18.4. The molecule has 0 N–H and O–H groups in total. The van der Waals surface area contributed by atoms with Crippen molar-refractivity contribution in [3.63, 3.8) is 0 Å². The highest BCUT2D eigenvalue weighted by Crippen LogP contribution is 2.39. The van der Waals surface area contributed by atoms with Gasteiger partial charge in [-0.05, 0) is 29.8 Å². The smallest absolute Gasteiger partial charge is 0.268 e. The maximum Gasteiger partial charge on any atom is 0.277 e. The van der Waals surface area contributed by atoms with Gasteiger partial charge in [0.25, 0.3) is 11.8 Å². The summed E-state index contributed by atoms with van der Waals surface area (Å²) in [5.41, 5.74) is 1.15. The number of rotatable bonds is 2. The second kappa shape index (κ2) is 6.44. The molecule has 0 radical (unpaired) electrons. The van der Waals surface area contributed by atoms with E-state index in [0.717, 1.165) is 10.3 Å². The zero-order valence-electron chi connectivity index (χ0n) is 13.2. The highest BCUT2D eigenvalue weighted by Gasteiger charge is 2.39. The third-order valence-corrected chi connectivity index (χ3v) is 5.18. The molecule has 3 aromatic carbocycles. The summed E-state index contributed by atoms with van der Waals surface area (Å²) in [5, 5.41) is 2.41. The number of amides is 2. The Kier molecular flexibility index (Phi) is 4.23. The average molecular weight is 403 g/mol. The van der Waals surface area contributed by atoms with E-state index in [-0.39, 0.29) is 10.6 Å². The summed E-state index contributed by atoms with van der Waals surface area (Å²) in [6.07, 6.45) is 0. The van der Waals surface area contributed by atoms with Crippen LogP contribution in [0.25, 0.3) is 16.3 Å². The Morgan fingerprint density at radius 2 is 1.35 bits per heavy atom. The molecule has 26 heavy (non-hydrogen) atoms. The van der Waals surface area contributed by atoms with Crippen LogP contribution in [0.3, 0.4) is 0 Å². The number of imide groups is 1. The van der Waals surface area contributed by atoms with Crippen molar-refractivity contribution in [1.82, 2.24) is 0 Å². The van der Waals surface area contributed by atoms with Gasteiger partial charge in [-0.2, -0.15) is 0 Å². The Bertz CT molecular complexity index is 1100. The molecule has 2 amide bonds. The van der Waals surface area contributed by atoms with E-state index in [9.17, 15) is 9.59 Å². The maximum atomic E-state index is 13.0. The largest absolute Gasteiger partial charge is 0.277 e. The van der Waals surface area contributed by atoms with Crippen molar-refractivity contribution in [1.29, 1.82) is 0 Å². The van der Waals surface area contributed by atoms with E-state index in [4.69, 9.17) is 34.8 Å². The highest BCUT2D eigenvalue weighted by molar-refractivity contribution is 6.60. The SMILES string of the molecule is O=C1C(Cl)=C(c2ccc(Cl)cc2)C(=O)N1c1ccc(Cl)c2ccccc12. The first-order valence-electron chi connectivity index (χ1n) is 7.71. The van der Waals surface area contributed by atoms with E-state index in [0.29, 0.717) is 26.7 Å². The molecule has 3 aromatic rings. The van der Waals surface area contributed by atoms with Gasteiger partial charge >= 0.3 is 0 Å². The lowest BCUT2D eigenvalue weighted by molar-refractivity contribution is -0.119. The monoisotopic (exact) mass is 401 g/mol. The lowest BCUT2D eigenvalue weighted by Gasteiger charge is -2.18. The zero-order valence-corrected chi connectivity index (χ0v) is 15.4. The predicted molar refractivity (Wildman–Crippen MR) is 106 cm³/mol. The van der Waals surface area contributed by atoms with Crippen LogP contribution in [0.5, 0.6) is 0 Å². The summed E-state index contributed by atoms with van der Waals surface area (Å²) < 4.78 is 0. The fourth-order valence-corrected chi connectivity index (χ4v) is 3.66. The maximum absolute atomic E-state index is 13.0. The molecule has 0 aliphatic carbocycles. The molecule has 6 heteroatoms. The number of nitrogens with zero attached hydrogens (tertiary/aromatic N) is 1. The van der Waals surface area contributed by atoms with Gasteiger partial charge in [0.1, 0.15) is 5.03 Å². The van der Waals surface area contributed by atoms with Crippen LogP contribution in [0.4, 0.5) is 5.69 Å². The Labute approximate surface area is 164 Å². The van der Waals surface area contributed by atoms with Crippen molar-refractivity contribution in [3.05, 3.63) is 81.3 Å². The molecule has 4 rings (SSSR count). The molecule has 1 heterocycles. The van der Waals surface area contributed by atoms with Crippen molar-refractivity contribution < 1.29 is 9.59 Å². The molecule has 0 fully saturated rings. The van der Waals surface area contributed by atoms with E-state index >= 15 is 0 Å². The third kappa shape index (κ3) is 2.60. The molecular weight excluding hydrogens is 393 g/mol. The summed E-state index contributed by atoms with van der Waals surface area (Å²) in [7, 11) is 0. The molecule has 0 saturated heterocycles. The molecule has 128 valence electrons. The Morgan fingerprint density at radius 3 is 2.04 bits per heavy atom. The van der Waals surface area contributed by atoms with Crippen molar-refractivity contribution in [2.75, 3.05) is 4.90 Å². The lowest BCUT2D eigenvalue weighted by Crippen LogP contribution is -2.31. The number of carbonyl (C=O) groups excluding carboxylic acids is 2. The van der Waals surface area contributed by atoms with Crippen LogP contribution in [-0.2, 0) is 9.59 Å². The van der Waals surface area contributed by atoms with Crippen molar-refractivity contribution in [3.8, 4) is 0 Å². The van der Waals surface area contributed by atoms with Gasteiger partial charge in [0.2, 0.25) is 0 Å². The minimum Gasteiger partial charge on any atom is -0.268 e. The number of hydrogen-bond acceptors (Lipinski definition) is 2. The summed E-state index contributed by atoms with van der Waals surface area (Å²) in [6.45, 7) is 0. The number of benzene rings is 3. The topological polar surface area (TPSA) is 37.4 Å². The average Bonchev–Trinajstić information content (AvgIpc) is 2.86. The van der Waals surface area contributed by atoms with Crippen molar-refractivity contribution >= 4 is 68.7 Å². The fourth-order valence-electron chi connectivity index (χ4n) is 3.03. The summed E-state index contributed by atoms with van der Waals surface area (Å²) in [4.78, 5) is 26.9. The number of anilines is 1. The highest BCUT2D eigenvalue weighted by atomic mass is 35.5.